The molecule has 2 aromatic rings. The van der Waals surface area contributed by atoms with Gasteiger partial charge in [0.05, 0.1) is 6.54 Å². The Hall–Kier alpha value is -2.84. The molecule has 0 aromatic heterocycles. The topological polar surface area (TPSA) is 74.3 Å². The molecule has 4 rings (SSSR count). The van der Waals surface area contributed by atoms with E-state index in [4.69, 9.17) is 9.47 Å². The van der Waals surface area contributed by atoms with Gasteiger partial charge in [-0.2, -0.15) is 0 Å². The van der Waals surface area contributed by atoms with E-state index in [-0.39, 0.29) is 18.0 Å². The highest BCUT2D eigenvalue weighted by molar-refractivity contribution is 5.76. The molecule has 0 aliphatic carbocycles. The quantitative estimate of drug-likeness (QED) is 0.689. The molecule has 2 aromatic carbocycles. The number of aliphatic hydroxyl groups excluding tert-OH is 1. The van der Waals surface area contributed by atoms with Gasteiger partial charge in [-0.05, 0) is 42.0 Å². The monoisotopic (exact) mass is 415 g/mol. The number of β-amino-alcohol motifs (C(OH)–C–C–N with tert-alkyl or cyclic N) is 1. The first-order chi connectivity index (χ1) is 14.6. The molecule has 8 heteroatoms. The molecule has 2 saturated heterocycles. The number of benzene rings is 2. The molecule has 0 bridgehead atoms. The van der Waals surface area contributed by atoms with Crippen molar-refractivity contribution in [2.45, 2.75) is 18.8 Å². The normalized spacial score (nSPS) is 21.7. The van der Waals surface area contributed by atoms with Crippen LogP contribution < -0.4 is 14.8 Å². The molecule has 0 radical (unpaired) electrons. The van der Waals surface area contributed by atoms with Crippen LogP contribution in [0, 0.1) is 5.82 Å². The van der Waals surface area contributed by atoms with Crippen molar-refractivity contribution in [2.24, 2.45) is 0 Å². The Kier molecular flexibility index (Phi) is 6.35. The van der Waals surface area contributed by atoms with Gasteiger partial charge in [0.15, 0.2) is 0 Å². The van der Waals surface area contributed by atoms with Gasteiger partial charge in [0.25, 0.3) is 0 Å². The third-order valence-electron chi connectivity index (χ3n) is 5.32. The second-order valence-corrected chi connectivity index (χ2v) is 7.58. The average Bonchev–Trinajstić information content (AvgIpc) is 3.30. The average molecular weight is 415 g/mol. The van der Waals surface area contributed by atoms with Gasteiger partial charge in [-0.3, -0.25) is 4.90 Å². The van der Waals surface area contributed by atoms with E-state index in [2.05, 4.69) is 10.2 Å². The van der Waals surface area contributed by atoms with E-state index in [9.17, 15) is 14.3 Å². The molecule has 0 saturated carbocycles. The van der Waals surface area contributed by atoms with Gasteiger partial charge >= 0.3 is 6.03 Å². The molecular formula is C22H26FN3O4. The summed E-state index contributed by atoms with van der Waals surface area (Å²) in [5.74, 6) is 0.998. The van der Waals surface area contributed by atoms with Crippen LogP contribution in [0.3, 0.4) is 0 Å². The zero-order chi connectivity index (χ0) is 20.9. The van der Waals surface area contributed by atoms with E-state index in [1.165, 1.54) is 12.1 Å². The number of carbonyl (C=O) groups is 1. The standard InChI is InChI=1S/C22H26FN3O4/c23-17-3-7-19(8-4-17)30-21-15-25(14-20(21)27)13-16-1-5-18(6-2-16)29-12-11-26-10-9-24-22(26)28/h1-8,20-21,27H,9-15H2,(H,24,28)/t20-,21-/m0/s1. The van der Waals surface area contributed by atoms with Gasteiger partial charge in [-0.25, -0.2) is 9.18 Å². The summed E-state index contributed by atoms with van der Waals surface area (Å²) in [6.07, 6.45) is -0.943. The third kappa shape index (κ3) is 5.20. The lowest BCUT2D eigenvalue weighted by atomic mass is 10.2. The molecule has 160 valence electrons. The van der Waals surface area contributed by atoms with Crippen LogP contribution in [0.1, 0.15) is 5.56 Å². The van der Waals surface area contributed by atoms with Crippen LogP contribution >= 0.6 is 0 Å². The second-order valence-electron chi connectivity index (χ2n) is 7.58. The first-order valence-electron chi connectivity index (χ1n) is 10.1. The Morgan fingerprint density at radius 2 is 1.80 bits per heavy atom. The van der Waals surface area contributed by atoms with E-state index in [1.807, 2.05) is 24.3 Å². The van der Waals surface area contributed by atoms with Crippen molar-refractivity contribution in [3.8, 4) is 11.5 Å². The fourth-order valence-corrected chi connectivity index (χ4v) is 3.71. The number of nitrogens with zero attached hydrogens (tertiary/aromatic N) is 2. The van der Waals surface area contributed by atoms with E-state index >= 15 is 0 Å². The summed E-state index contributed by atoms with van der Waals surface area (Å²) in [6, 6.07) is 13.6. The molecular weight excluding hydrogens is 389 g/mol. The first kappa shape index (κ1) is 20.4. The van der Waals surface area contributed by atoms with Crippen molar-refractivity contribution < 1.29 is 23.8 Å². The number of hydrogen-bond acceptors (Lipinski definition) is 5. The van der Waals surface area contributed by atoms with Crippen molar-refractivity contribution in [3.05, 3.63) is 59.9 Å². The SMILES string of the molecule is O=C1NCCN1CCOc1ccc(CN2C[C@H](Oc3ccc(F)cc3)[C@@H](O)C2)cc1. The van der Waals surface area contributed by atoms with Crippen molar-refractivity contribution in [2.75, 3.05) is 39.3 Å². The summed E-state index contributed by atoms with van der Waals surface area (Å²) in [6.45, 7) is 4.22. The number of hydrogen-bond donors (Lipinski definition) is 2. The molecule has 2 fully saturated rings. The lowest BCUT2D eigenvalue weighted by Crippen LogP contribution is -2.31. The molecule has 2 aliphatic heterocycles. The van der Waals surface area contributed by atoms with E-state index in [1.54, 1.807) is 17.0 Å². The lowest BCUT2D eigenvalue weighted by molar-refractivity contribution is 0.0736. The Morgan fingerprint density at radius 3 is 2.50 bits per heavy atom. The summed E-state index contributed by atoms with van der Waals surface area (Å²) in [7, 11) is 0. The zero-order valence-corrected chi connectivity index (χ0v) is 16.7. The van der Waals surface area contributed by atoms with Crippen molar-refractivity contribution in [3.63, 3.8) is 0 Å². The Morgan fingerprint density at radius 1 is 1.07 bits per heavy atom. The number of nitrogens with one attached hydrogen (secondary N) is 1. The minimum atomic E-state index is -0.597. The minimum Gasteiger partial charge on any atom is -0.492 e. The number of halogens is 1. The second kappa shape index (κ2) is 9.32. The van der Waals surface area contributed by atoms with Crippen LogP contribution in [0.2, 0.25) is 0 Å². The maximum Gasteiger partial charge on any atom is 0.317 e. The van der Waals surface area contributed by atoms with E-state index in [0.717, 1.165) is 11.3 Å². The van der Waals surface area contributed by atoms with Crippen LogP contribution in [-0.4, -0.2) is 72.5 Å². The molecule has 2 N–H and O–H groups in total. The lowest BCUT2D eigenvalue weighted by Gasteiger charge is -2.17. The number of likely N-dealkylation sites (tertiary alicyclic amines) is 1. The largest absolute Gasteiger partial charge is 0.492 e. The highest BCUT2D eigenvalue weighted by Gasteiger charge is 2.33. The number of rotatable bonds is 8. The summed E-state index contributed by atoms with van der Waals surface area (Å²) in [5, 5.41) is 13.1. The Bertz CT molecular complexity index is 846. The molecule has 2 amide bonds. The smallest absolute Gasteiger partial charge is 0.317 e. The van der Waals surface area contributed by atoms with Gasteiger partial charge < -0.3 is 24.8 Å². The van der Waals surface area contributed by atoms with Crippen molar-refractivity contribution in [1.29, 1.82) is 0 Å². The summed E-state index contributed by atoms with van der Waals surface area (Å²) >= 11 is 0. The molecule has 2 aliphatic rings. The molecule has 2 heterocycles. The Labute approximate surface area is 175 Å². The third-order valence-corrected chi connectivity index (χ3v) is 5.32. The van der Waals surface area contributed by atoms with Gasteiger partial charge in [0, 0.05) is 32.7 Å². The number of carbonyl (C=O) groups excluding carboxylic acids is 1. The molecule has 7 nitrogen and oxygen atoms in total. The number of ether oxygens (including phenoxy) is 2. The minimum absolute atomic E-state index is 0.0385. The van der Waals surface area contributed by atoms with Gasteiger partial charge in [0.1, 0.15) is 36.1 Å². The van der Waals surface area contributed by atoms with Crippen LogP contribution in [0.15, 0.2) is 48.5 Å². The van der Waals surface area contributed by atoms with Gasteiger partial charge in [-0.1, -0.05) is 12.1 Å². The van der Waals surface area contributed by atoms with Crippen LogP contribution in [0.25, 0.3) is 0 Å². The number of amides is 2. The fourth-order valence-electron chi connectivity index (χ4n) is 3.71. The highest BCUT2D eigenvalue weighted by atomic mass is 19.1. The van der Waals surface area contributed by atoms with E-state index < -0.39 is 6.10 Å². The number of urea groups is 1. The van der Waals surface area contributed by atoms with Crippen molar-refractivity contribution >= 4 is 6.03 Å². The molecule has 0 spiro atoms. The maximum atomic E-state index is 13.0. The van der Waals surface area contributed by atoms with E-state index in [0.29, 0.717) is 51.6 Å². The predicted octanol–water partition coefficient (Wildman–Crippen LogP) is 1.85. The molecule has 30 heavy (non-hydrogen) atoms. The van der Waals surface area contributed by atoms with Crippen LogP contribution in [0.5, 0.6) is 11.5 Å². The Balaban J connectivity index is 1.23. The fraction of sp³-hybridized carbons (Fsp3) is 0.409. The molecule has 2 atom stereocenters. The van der Waals surface area contributed by atoms with Gasteiger partial charge in [-0.15, -0.1) is 0 Å². The summed E-state index contributed by atoms with van der Waals surface area (Å²) in [4.78, 5) is 15.4. The van der Waals surface area contributed by atoms with Crippen LogP contribution in [0.4, 0.5) is 9.18 Å². The van der Waals surface area contributed by atoms with Crippen molar-refractivity contribution in [1.82, 2.24) is 15.1 Å². The maximum absolute atomic E-state index is 13.0. The molecule has 0 unspecified atom stereocenters. The van der Waals surface area contributed by atoms with Crippen LogP contribution in [-0.2, 0) is 6.54 Å². The summed E-state index contributed by atoms with van der Waals surface area (Å²) in [5.41, 5.74) is 1.11. The van der Waals surface area contributed by atoms with Gasteiger partial charge in [0.2, 0.25) is 0 Å². The zero-order valence-electron chi connectivity index (χ0n) is 16.7. The highest BCUT2D eigenvalue weighted by Crippen LogP contribution is 2.21. The summed E-state index contributed by atoms with van der Waals surface area (Å²) < 4.78 is 24.6. The number of aliphatic hydroxyl groups is 1. The first-order valence-corrected chi connectivity index (χ1v) is 10.1. The predicted molar refractivity (Wildman–Crippen MR) is 109 cm³/mol.